The SMILES string of the molecule is CCOc1ccc(S(=O)(=O)N(CC(=O)N(Cc2cccc(OC)c2)[C@@H](CC)C(=O)N[C@@H](C)CC)c2ccc(C)cc2)cc1. The van der Waals surface area contributed by atoms with Crippen LogP contribution in [-0.2, 0) is 26.2 Å². The van der Waals surface area contributed by atoms with E-state index in [4.69, 9.17) is 9.47 Å². The summed E-state index contributed by atoms with van der Waals surface area (Å²) in [6, 6.07) is 19.4. The molecule has 10 heteroatoms. The molecule has 2 amide bonds. The minimum absolute atomic E-state index is 0.0187. The lowest BCUT2D eigenvalue weighted by atomic mass is 10.1. The number of amides is 2. The maximum Gasteiger partial charge on any atom is 0.264 e. The van der Waals surface area contributed by atoms with Crippen molar-refractivity contribution >= 4 is 27.5 Å². The molecule has 0 saturated heterocycles. The number of carbonyl (C=O) groups excluding carboxylic acids is 2. The lowest BCUT2D eigenvalue weighted by Gasteiger charge is -2.33. The number of rotatable bonds is 15. The van der Waals surface area contributed by atoms with Crippen LogP contribution in [0.3, 0.4) is 0 Å². The van der Waals surface area contributed by atoms with Gasteiger partial charge < -0.3 is 19.7 Å². The number of carbonyl (C=O) groups is 2. The third-order valence-corrected chi connectivity index (χ3v) is 8.99. The molecule has 2 atom stereocenters. The molecule has 0 unspecified atom stereocenters. The Morgan fingerprint density at radius 1 is 0.907 bits per heavy atom. The van der Waals surface area contributed by atoms with Crippen molar-refractivity contribution in [1.82, 2.24) is 10.2 Å². The summed E-state index contributed by atoms with van der Waals surface area (Å²) in [5.74, 6) is 0.358. The Balaban J connectivity index is 2.06. The molecule has 232 valence electrons. The largest absolute Gasteiger partial charge is 0.497 e. The van der Waals surface area contributed by atoms with Crippen LogP contribution in [-0.4, -0.2) is 57.5 Å². The smallest absolute Gasteiger partial charge is 0.264 e. The van der Waals surface area contributed by atoms with Crippen molar-refractivity contribution in [3.05, 3.63) is 83.9 Å². The molecule has 0 aromatic heterocycles. The number of benzene rings is 3. The standard InChI is InChI=1S/C33H43N3O6S/c1-7-25(5)34-33(38)31(8-2)35(22-26-11-10-12-29(21-26)41-6)32(37)23-36(27-15-13-24(4)14-16-27)43(39,40)30-19-17-28(18-20-30)42-9-3/h10-21,25,31H,7-9,22-23H2,1-6H3,(H,34,38)/t25-,31-/m0/s1. The van der Waals surface area contributed by atoms with Gasteiger partial charge in [-0.25, -0.2) is 8.42 Å². The van der Waals surface area contributed by atoms with E-state index < -0.39 is 28.5 Å². The second-order valence-electron chi connectivity index (χ2n) is 10.4. The zero-order valence-electron chi connectivity index (χ0n) is 25.9. The number of aryl methyl sites for hydroxylation is 1. The van der Waals surface area contributed by atoms with E-state index in [-0.39, 0.29) is 23.4 Å². The lowest BCUT2D eigenvalue weighted by molar-refractivity contribution is -0.140. The first kappa shape index (κ1) is 33.5. The summed E-state index contributed by atoms with van der Waals surface area (Å²) in [6.07, 6.45) is 1.07. The van der Waals surface area contributed by atoms with E-state index >= 15 is 0 Å². The normalized spacial score (nSPS) is 12.6. The van der Waals surface area contributed by atoms with Gasteiger partial charge in [0.15, 0.2) is 0 Å². The van der Waals surface area contributed by atoms with Crippen molar-refractivity contribution in [2.45, 2.75) is 71.0 Å². The minimum Gasteiger partial charge on any atom is -0.497 e. The van der Waals surface area contributed by atoms with Gasteiger partial charge in [-0.2, -0.15) is 0 Å². The average Bonchev–Trinajstić information content (AvgIpc) is 3.00. The first-order valence-electron chi connectivity index (χ1n) is 14.6. The van der Waals surface area contributed by atoms with Crippen molar-refractivity contribution in [3.63, 3.8) is 0 Å². The second kappa shape index (κ2) is 15.4. The minimum atomic E-state index is -4.18. The summed E-state index contributed by atoms with van der Waals surface area (Å²) < 4.78 is 40.1. The van der Waals surface area contributed by atoms with Crippen molar-refractivity contribution in [2.75, 3.05) is 24.6 Å². The predicted octanol–water partition coefficient (Wildman–Crippen LogP) is 5.32. The summed E-state index contributed by atoms with van der Waals surface area (Å²) in [4.78, 5) is 29.1. The van der Waals surface area contributed by atoms with Gasteiger partial charge in [-0.3, -0.25) is 13.9 Å². The van der Waals surface area contributed by atoms with Crippen molar-refractivity contribution in [3.8, 4) is 11.5 Å². The van der Waals surface area contributed by atoms with E-state index in [0.717, 1.165) is 21.9 Å². The maximum atomic E-state index is 14.2. The van der Waals surface area contributed by atoms with Crippen molar-refractivity contribution in [1.29, 1.82) is 0 Å². The molecule has 3 aromatic rings. The highest BCUT2D eigenvalue weighted by atomic mass is 32.2. The van der Waals surface area contributed by atoms with E-state index in [1.54, 1.807) is 55.6 Å². The number of hydrogen-bond acceptors (Lipinski definition) is 6. The molecule has 0 aliphatic heterocycles. The van der Waals surface area contributed by atoms with E-state index in [0.29, 0.717) is 30.2 Å². The fourth-order valence-corrected chi connectivity index (χ4v) is 5.98. The van der Waals surface area contributed by atoms with Crippen LogP contribution in [0.1, 0.15) is 51.7 Å². The van der Waals surface area contributed by atoms with E-state index in [1.807, 2.05) is 46.8 Å². The van der Waals surface area contributed by atoms with Gasteiger partial charge >= 0.3 is 0 Å². The van der Waals surface area contributed by atoms with Crippen LogP contribution in [0.15, 0.2) is 77.7 Å². The third kappa shape index (κ3) is 8.73. The van der Waals surface area contributed by atoms with Gasteiger partial charge in [0.2, 0.25) is 11.8 Å². The highest BCUT2D eigenvalue weighted by molar-refractivity contribution is 7.92. The number of hydrogen-bond donors (Lipinski definition) is 1. The van der Waals surface area contributed by atoms with E-state index in [2.05, 4.69) is 5.32 Å². The van der Waals surface area contributed by atoms with Crippen LogP contribution in [0, 0.1) is 6.92 Å². The van der Waals surface area contributed by atoms with Gasteiger partial charge in [0, 0.05) is 12.6 Å². The summed E-state index contributed by atoms with van der Waals surface area (Å²) in [7, 11) is -2.62. The van der Waals surface area contributed by atoms with Gasteiger partial charge in [-0.15, -0.1) is 0 Å². The number of methoxy groups -OCH3 is 1. The fraction of sp³-hybridized carbons (Fsp3) is 0.394. The molecule has 0 aliphatic carbocycles. The number of nitrogens with zero attached hydrogens (tertiary/aromatic N) is 2. The first-order valence-corrected chi connectivity index (χ1v) is 16.0. The molecule has 3 aromatic carbocycles. The Bertz CT molecular complexity index is 1460. The Morgan fingerprint density at radius 3 is 2.16 bits per heavy atom. The molecular weight excluding hydrogens is 566 g/mol. The lowest BCUT2D eigenvalue weighted by Crippen LogP contribution is -2.53. The Morgan fingerprint density at radius 2 is 1.58 bits per heavy atom. The quantitative estimate of drug-likeness (QED) is 0.250. The van der Waals surface area contributed by atoms with E-state index in [9.17, 15) is 18.0 Å². The summed E-state index contributed by atoms with van der Waals surface area (Å²) >= 11 is 0. The molecule has 0 aliphatic rings. The van der Waals surface area contributed by atoms with Gasteiger partial charge in [0.25, 0.3) is 10.0 Å². The maximum absolute atomic E-state index is 14.2. The molecule has 1 N–H and O–H groups in total. The Kier molecular flexibility index (Phi) is 12.0. The first-order chi connectivity index (χ1) is 20.5. The predicted molar refractivity (Wildman–Crippen MR) is 169 cm³/mol. The topological polar surface area (TPSA) is 105 Å². The summed E-state index contributed by atoms with van der Waals surface area (Å²) in [5, 5.41) is 2.99. The average molecular weight is 610 g/mol. The van der Waals surface area contributed by atoms with Crippen LogP contribution in [0.2, 0.25) is 0 Å². The molecule has 0 bridgehead atoms. The molecule has 0 fully saturated rings. The number of sulfonamides is 1. The Labute approximate surface area is 255 Å². The van der Waals surface area contributed by atoms with E-state index in [1.165, 1.54) is 17.0 Å². The second-order valence-corrected chi connectivity index (χ2v) is 12.2. The zero-order valence-corrected chi connectivity index (χ0v) is 26.7. The van der Waals surface area contributed by atoms with Gasteiger partial charge in [0.1, 0.15) is 24.1 Å². The molecule has 43 heavy (non-hydrogen) atoms. The van der Waals surface area contributed by atoms with Crippen LogP contribution < -0.4 is 19.1 Å². The van der Waals surface area contributed by atoms with Gasteiger partial charge in [0.05, 0.1) is 24.3 Å². The molecule has 3 rings (SSSR count). The molecule has 9 nitrogen and oxygen atoms in total. The number of ether oxygens (including phenoxy) is 2. The third-order valence-electron chi connectivity index (χ3n) is 7.20. The molecular formula is C33H43N3O6S. The van der Waals surface area contributed by atoms with Crippen LogP contribution >= 0.6 is 0 Å². The summed E-state index contributed by atoms with van der Waals surface area (Å²) in [5.41, 5.74) is 2.03. The van der Waals surface area contributed by atoms with Crippen molar-refractivity contribution in [2.24, 2.45) is 0 Å². The monoisotopic (exact) mass is 609 g/mol. The van der Waals surface area contributed by atoms with Crippen LogP contribution in [0.5, 0.6) is 11.5 Å². The zero-order chi connectivity index (χ0) is 31.6. The van der Waals surface area contributed by atoms with Crippen LogP contribution in [0.4, 0.5) is 5.69 Å². The fourth-order valence-electron chi connectivity index (χ4n) is 4.57. The number of nitrogens with one attached hydrogen (secondary N) is 1. The summed E-state index contributed by atoms with van der Waals surface area (Å²) in [6.45, 7) is 9.49. The van der Waals surface area contributed by atoms with Gasteiger partial charge in [-0.05, 0) is 87.7 Å². The molecule has 0 radical (unpaired) electrons. The highest BCUT2D eigenvalue weighted by Gasteiger charge is 2.34. The Hall–Kier alpha value is -4.05. The van der Waals surface area contributed by atoms with Crippen molar-refractivity contribution < 1.29 is 27.5 Å². The molecule has 0 saturated carbocycles. The number of anilines is 1. The molecule has 0 heterocycles. The molecule has 0 spiro atoms. The highest BCUT2D eigenvalue weighted by Crippen LogP contribution is 2.27. The van der Waals surface area contributed by atoms with Crippen LogP contribution in [0.25, 0.3) is 0 Å². The van der Waals surface area contributed by atoms with Gasteiger partial charge in [-0.1, -0.05) is 43.7 Å².